The minimum absolute atomic E-state index is 0.0822. The Kier molecular flexibility index (Phi) is 3.43. The number of hydrogen-bond donors (Lipinski definition) is 0. The van der Waals surface area contributed by atoms with Crippen molar-refractivity contribution in [2.75, 3.05) is 24.6 Å². The fourth-order valence-electron chi connectivity index (χ4n) is 1.71. The van der Waals surface area contributed by atoms with Crippen LogP contribution in [0.3, 0.4) is 0 Å². The van der Waals surface area contributed by atoms with E-state index in [-0.39, 0.29) is 29.5 Å². The van der Waals surface area contributed by atoms with Crippen molar-refractivity contribution < 1.29 is 21.2 Å². The van der Waals surface area contributed by atoms with E-state index >= 15 is 0 Å². The van der Waals surface area contributed by atoms with Gasteiger partial charge >= 0.3 is 0 Å². The largest absolute Gasteiger partial charge is 0.243 e. The lowest BCUT2D eigenvalue weighted by atomic mass is 10.4. The van der Waals surface area contributed by atoms with Gasteiger partial charge in [0.15, 0.2) is 9.84 Å². The molecule has 0 N–H and O–H groups in total. The van der Waals surface area contributed by atoms with E-state index in [1.165, 1.54) is 12.1 Å². The molecule has 1 aromatic rings. The van der Waals surface area contributed by atoms with Gasteiger partial charge in [0.25, 0.3) is 0 Å². The van der Waals surface area contributed by atoms with Crippen LogP contribution in [0.2, 0.25) is 0 Å². The van der Waals surface area contributed by atoms with Gasteiger partial charge in [-0.2, -0.15) is 4.31 Å². The van der Waals surface area contributed by atoms with Crippen LogP contribution >= 0.6 is 0 Å². The quantitative estimate of drug-likeness (QED) is 0.783. The third-order valence-electron chi connectivity index (χ3n) is 2.74. The Hall–Kier alpha value is -0.990. The Balaban J connectivity index is 2.28. The lowest BCUT2D eigenvalue weighted by molar-refractivity contribution is 0.430. The average molecular weight is 293 g/mol. The topological polar surface area (TPSA) is 71.5 Å². The molecule has 0 spiro atoms. The third kappa shape index (κ3) is 2.70. The summed E-state index contributed by atoms with van der Waals surface area (Å²) < 4.78 is 60.8. The Morgan fingerprint density at radius 2 is 1.78 bits per heavy atom. The summed E-state index contributed by atoms with van der Waals surface area (Å²) in [5, 5.41) is 0. The number of nitrogens with zero attached hydrogens (tertiary/aromatic N) is 1. The van der Waals surface area contributed by atoms with Crippen LogP contribution in [-0.4, -0.2) is 45.7 Å². The molecule has 1 heterocycles. The molecule has 5 nitrogen and oxygen atoms in total. The number of sulfone groups is 1. The van der Waals surface area contributed by atoms with E-state index < -0.39 is 25.7 Å². The average Bonchev–Trinajstić information content (AvgIpc) is 2.28. The molecule has 1 fully saturated rings. The predicted molar refractivity (Wildman–Crippen MR) is 63.8 cm³/mol. The molecule has 18 heavy (non-hydrogen) atoms. The Morgan fingerprint density at radius 1 is 1.17 bits per heavy atom. The minimum atomic E-state index is -3.81. The third-order valence-corrected chi connectivity index (χ3v) is 6.24. The second-order valence-electron chi connectivity index (χ2n) is 4.01. The summed E-state index contributed by atoms with van der Waals surface area (Å²) >= 11 is 0. The van der Waals surface area contributed by atoms with E-state index in [1.54, 1.807) is 0 Å². The molecular weight excluding hydrogens is 281 g/mol. The molecule has 1 aromatic carbocycles. The van der Waals surface area contributed by atoms with Crippen LogP contribution in [-0.2, 0) is 19.9 Å². The maximum Gasteiger partial charge on any atom is 0.243 e. The van der Waals surface area contributed by atoms with Crippen LogP contribution in [0.5, 0.6) is 0 Å². The molecule has 2 rings (SSSR count). The van der Waals surface area contributed by atoms with E-state index in [0.717, 1.165) is 16.4 Å². The van der Waals surface area contributed by atoms with Crippen molar-refractivity contribution in [2.45, 2.75) is 4.90 Å². The van der Waals surface area contributed by atoms with Crippen molar-refractivity contribution in [1.82, 2.24) is 4.31 Å². The summed E-state index contributed by atoms with van der Waals surface area (Å²) in [6, 6.07) is 4.68. The first-order valence-corrected chi connectivity index (χ1v) is 8.53. The van der Waals surface area contributed by atoms with Gasteiger partial charge in [0.05, 0.1) is 16.4 Å². The zero-order valence-corrected chi connectivity index (χ0v) is 11.0. The highest BCUT2D eigenvalue weighted by Crippen LogP contribution is 2.18. The molecule has 0 unspecified atom stereocenters. The van der Waals surface area contributed by atoms with E-state index in [0.29, 0.717) is 0 Å². The monoisotopic (exact) mass is 293 g/mol. The van der Waals surface area contributed by atoms with Gasteiger partial charge in [-0.1, -0.05) is 6.07 Å². The summed E-state index contributed by atoms with van der Waals surface area (Å²) in [6.07, 6.45) is 0. The SMILES string of the molecule is O=S1(=O)CCN(S(=O)(=O)c2cccc(F)c2)CC1. The summed E-state index contributed by atoms with van der Waals surface area (Å²) in [4.78, 5) is -0.151. The lowest BCUT2D eigenvalue weighted by Gasteiger charge is -2.25. The van der Waals surface area contributed by atoms with E-state index in [2.05, 4.69) is 0 Å². The van der Waals surface area contributed by atoms with Gasteiger partial charge in [0.1, 0.15) is 5.82 Å². The van der Waals surface area contributed by atoms with Crippen LogP contribution in [0.1, 0.15) is 0 Å². The molecule has 0 aliphatic carbocycles. The van der Waals surface area contributed by atoms with Gasteiger partial charge in [-0.05, 0) is 18.2 Å². The van der Waals surface area contributed by atoms with E-state index in [1.807, 2.05) is 0 Å². The number of rotatable bonds is 2. The molecule has 1 saturated heterocycles. The summed E-state index contributed by atoms with van der Waals surface area (Å²) in [5.41, 5.74) is 0. The highest BCUT2D eigenvalue weighted by molar-refractivity contribution is 7.92. The smallest absolute Gasteiger partial charge is 0.229 e. The first-order valence-electron chi connectivity index (χ1n) is 5.27. The summed E-state index contributed by atoms with van der Waals surface area (Å²) in [5.74, 6) is -1.02. The van der Waals surface area contributed by atoms with Crippen molar-refractivity contribution in [2.24, 2.45) is 0 Å². The van der Waals surface area contributed by atoms with Crippen LogP contribution in [0.25, 0.3) is 0 Å². The molecule has 0 atom stereocenters. The van der Waals surface area contributed by atoms with Crippen molar-refractivity contribution in [3.63, 3.8) is 0 Å². The fourth-order valence-corrected chi connectivity index (χ4v) is 4.62. The van der Waals surface area contributed by atoms with Crippen LogP contribution in [0, 0.1) is 5.82 Å². The zero-order valence-electron chi connectivity index (χ0n) is 9.41. The molecule has 0 saturated carbocycles. The zero-order chi connectivity index (χ0) is 13.4. The molecule has 1 aliphatic heterocycles. The van der Waals surface area contributed by atoms with Crippen LogP contribution in [0.4, 0.5) is 4.39 Å². The molecule has 0 bridgehead atoms. The second-order valence-corrected chi connectivity index (χ2v) is 8.25. The fraction of sp³-hybridized carbons (Fsp3) is 0.400. The summed E-state index contributed by atoms with van der Waals surface area (Å²) in [7, 11) is -6.95. The molecule has 0 amide bonds. The molecule has 1 aliphatic rings. The molecule has 0 aromatic heterocycles. The van der Waals surface area contributed by atoms with Gasteiger partial charge in [-0.25, -0.2) is 21.2 Å². The molecule has 0 radical (unpaired) electrons. The van der Waals surface area contributed by atoms with E-state index in [9.17, 15) is 21.2 Å². The molecule has 100 valence electrons. The van der Waals surface area contributed by atoms with Gasteiger partial charge in [-0.3, -0.25) is 0 Å². The van der Waals surface area contributed by atoms with Gasteiger partial charge in [0, 0.05) is 13.1 Å². The van der Waals surface area contributed by atoms with Gasteiger partial charge in [-0.15, -0.1) is 0 Å². The standard InChI is InChI=1S/C10H12FNO4S2/c11-9-2-1-3-10(8-9)18(15,16)12-4-6-17(13,14)7-5-12/h1-3,8H,4-7H2. The highest BCUT2D eigenvalue weighted by atomic mass is 32.2. The normalized spacial score (nSPS) is 20.7. The predicted octanol–water partition coefficient (Wildman–Crippen LogP) is 0.245. The Labute approximate surface area is 105 Å². The minimum Gasteiger partial charge on any atom is -0.229 e. The number of hydrogen-bond acceptors (Lipinski definition) is 4. The van der Waals surface area contributed by atoms with Crippen molar-refractivity contribution in [3.05, 3.63) is 30.1 Å². The maximum absolute atomic E-state index is 13.0. The Morgan fingerprint density at radius 3 is 2.33 bits per heavy atom. The number of benzene rings is 1. The second kappa shape index (κ2) is 4.60. The lowest BCUT2D eigenvalue weighted by Crippen LogP contribution is -2.43. The molecule has 8 heteroatoms. The first kappa shape index (κ1) is 13.4. The maximum atomic E-state index is 13.0. The summed E-state index contributed by atoms with van der Waals surface area (Å²) in [6.45, 7) is -0.164. The van der Waals surface area contributed by atoms with Crippen LogP contribution in [0.15, 0.2) is 29.2 Å². The van der Waals surface area contributed by atoms with Crippen molar-refractivity contribution in [3.8, 4) is 0 Å². The van der Waals surface area contributed by atoms with Gasteiger partial charge < -0.3 is 0 Å². The van der Waals surface area contributed by atoms with Gasteiger partial charge in [0.2, 0.25) is 10.0 Å². The Bertz CT molecular complexity index is 640. The number of halogens is 1. The van der Waals surface area contributed by atoms with Crippen molar-refractivity contribution in [1.29, 1.82) is 0 Å². The highest BCUT2D eigenvalue weighted by Gasteiger charge is 2.31. The van der Waals surface area contributed by atoms with Crippen molar-refractivity contribution >= 4 is 19.9 Å². The van der Waals surface area contributed by atoms with E-state index in [4.69, 9.17) is 0 Å². The molecular formula is C10H12FNO4S2. The van der Waals surface area contributed by atoms with Crippen LogP contribution < -0.4 is 0 Å². The number of sulfonamides is 1. The first-order chi connectivity index (χ1) is 8.31.